The Hall–Kier alpha value is -1.63. The lowest BCUT2D eigenvalue weighted by molar-refractivity contribution is -0.143. The van der Waals surface area contributed by atoms with Crippen LogP contribution in [0.15, 0.2) is 24.3 Å². The fraction of sp³-hybridized carbons (Fsp3) is 0.500. The Kier molecular flexibility index (Phi) is 4.31. The predicted molar refractivity (Wildman–Crippen MR) is 84.5 cm³/mol. The van der Waals surface area contributed by atoms with E-state index >= 15 is 0 Å². The van der Waals surface area contributed by atoms with Gasteiger partial charge in [0.25, 0.3) is 5.91 Å². The van der Waals surface area contributed by atoms with Gasteiger partial charge >= 0.3 is 5.97 Å². The molecule has 1 N–H and O–H groups in total. The van der Waals surface area contributed by atoms with Crippen molar-refractivity contribution in [2.24, 2.45) is 0 Å². The zero-order chi connectivity index (χ0) is 16.6. The SMILES string of the molecule is CN1CCC2(CC1)OC[C@H](C(=O)O)N2C(=O)c1cccc(Cl)c1. The van der Waals surface area contributed by atoms with Gasteiger partial charge in [-0.2, -0.15) is 0 Å². The van der Waals surface area contributed by atoms with E-state index < -0.39 is 17.7 Å². The summed E-state index contributed by atoms with van der Waals surface area (Å²) in [6.07, 6.45) is 1.19. The van der Waals surface area contributed by atoms with E-state index in [1.807, 2.05) is 7.05 Å². The summed E-state index contributed by atoms with van der Waals surface area (Å²) in [5.41, 5.74) is -0.456. The molecule has 7 heteroatoms. The van der Waals surface area contributed by atoms with Crippen LogP contribution in [0.1, 0.15) is 23.2 Å². The van der Waals surface area contributed by atoms with Crippen LogP contribution in [0.3, 0.4) is 0 Å². The first-order valence-corrected chi connectivity index (χ1v) is 7.95. The lowest BCUT2D eigenvalue weighted by Crippen LogP contribution is -2.57. The van der Waals surface area contributed by atoms with Crippen molar-refractivity contribution in [3.63, 3.8) is 0 Å². The molecule has 3 rings (SSSR count). The molecule has 1 amide bonds. The van der Waals surface area contributed by atoms with E-state index in [2.05, 4.69) is 4.90 Å². The summed E-state index contributed by atoms with van der Waals surface area (Å²) in [5, 5.41) is 9.93. The van der Waals surface area contributed by atoms with Gasteiger partial charge in [0.15, 0.2) is 6.04 Å². The van der Waals surface area contributed by atoms with E-state index in [-0.39, 0.29) is 12.5 Å². The van der Waals surface area contributed by atoms with Crippen molar-refractivity contribution in [2.75, 3.05) is 26.7 Å². The highest BCUT2D eigenvalue weighted by Crippen LogP contribution is 2.38. The van der Waals surface area contributed by atoms with E-state index in [0.29, 0.717) is 23.4 Å². The maximum atomic E-state index is 13.0. The summed E-state index contributed by atoms with van der Waals surface area (Å²) in [4.78, 5) is 28.1. The second kappa shape index (κ2) is 6.11. The minimum Gasteiger partial charge on any atom is -0.480 e. The van der Waals surface area contributed by atoms with E-state index in [4.69, 9.17) is 16.3 Å². The van der Waals surface area contributed by atoms with E-state index in [1.165, 1.54) is 4.90 Å². The molecule has 0 radical (unpaired) electrons. The number of hydrogen-bond donors (Lipinski definition) is 1. The lowest BCUT2D eigenvalue weighted by atomic mass is 9.97. The third-order valence-electron chi connectivity index (χ3n) is 4.60. The van der Waals surface area contributed by atoms with Crippen LogP contribution in [0.25, 0.3) is 0 Å². The zero-order valence-corrected chi connectivity index (χ0v) is 13.6. The molecule has 0 unspecified atom stereocenters. The van der Waals surface area contributed by atoms with Crippen LogP contribution in [0.2, 0.25) is 5.02 Å². The largest absolute Gasteiger partial charge is 0.480 e. The number of piperidine rings is 1. The van der Waals surface area contributed by atoms with Gasteiger partial charge in [-0.15, -0.1) is 0 Å². The first-order valence-electron chi connectivity index (χ1n) is 7.57. The third-order valence-corrected chi connectivity index (χ3v) is 4.84. The summed E-state index contributed by atoms with van der Waals surface area (Å²) >= 11 is 5.97. The number of carbonyl (C=O) groups excluding carboxylic acids is 1. The van der Waals surface area contributed by atoms with Crippen molar-refractivity contribution in [2.45, 2.75) is 24.6 Å². The number of nitrogens with zero attached hydrogens (tertiary/aromatic N) is 2. The standard InChI is InChI=1S/C16H19ClN2O4/c1-18-7-5-16(6-8-18)19(13(10-23-16)15(21)22)14(20)11-3-2-4-12(17)9-11/h2-4,9,13H,5-8,10H2,1H3,(H,21,22)/t13-/m1/s1. The van der Waals surface area contributed by atoms with Gasteiger partial charge in [0.1, 0.15) is 5.72 Å². The molecule has 23 heavy (non-hydrogen) atoms. The van der Waals surface area contributed by atoms with Gasteiger partial charge in [0, 0.05) is 36.5 Å². The summed E-state index contributed by atoms with van der Waals surface area (Å²) in [6, 6.07) is 5.60. The van der Waals surface area contributed by atoms with E-state index in [0.717, 1.165) is 13.1 Å². The molecule has 2 aliphatic rings. The molecule has 124 valence electrons. The van der Waals surface area contributed by atoms with Crippen molar-refractivity contribution in [1.82, 2.24) is 9.80 Å². The zero-order valence-electron chi connectivity index (χ0n) is 12.9. The number of ether oxygens (including phenoxy) is 1. The second-order valence-electron chi connectivity index (χ2n) is 6.10. The van der Waals surface area contributed by atoms with Crippen LogP contribution < -0.4 is 0 Å². The average molecular weight is 339 g/mol. The highest BCUT2D eigenvalue weighted by Gasteiger charge is 2.53. The number of benzene rings is 1. The first kappa shape index (κ1) is 16.2. The van der Waals surface area contributed by atoms with E-state index in [1.54, 1.807) is 24.3 Å². The van der Waals surface area contributed by atoms with Crippen molar-refractivity contribution in [1.29, 1.82) is 0 Å². The number of aliphatic carboxylic acids is 1. The van der Waals surface area contributed by atoms with Gasteiger partial charge in [0.05, 0.1) is 6.61 Å². The maximum Gasteiger partial charge on any atom is 0.328 e. The van der Waals surface area contributed by atoms with E-state index in [9.17, 15) is 14.7 Å². The fourth-order valence-electron chi connectivity index (χ4n) is 3.28. The van der Waals surface area contributed by atoms with Crippen LogP contribution in [-0.4, -0.2) is 65.3 Å². The molecule has 1 spiro atoms. The minimum absolute atomic E-state index is 0.0192. The number of amides is 1. The Balaban J connectivity index is 1.96. The quantitative estimate of drug-likeness (QED) is 0.888. The molecular formula is C16H19ClN2O4. The van der Waals surface area contributed by atoms with Crippen molar-refractivity contribution >= 4 is 23.5 Å². The van der Waals surface area contributed by atoms with Crippen LogP contribution in [0, 0.1) is 0 Å². The van der Waals surface area contributed by atoms with Crippen LogP contribution in [0.5, 0.6) is 0 Å². The Morgan fingerprint density at radius 1 is 1.35 bits per heavy atom. The van der Waals surface area contributed by atoms with Gasteiger partial charge in [-0.05, 0) is 25.2 Å². The molecule has 0 aliphatic carbocycles. The highest BCUT2D eigenvalue weighted by molar-refractivity contribution is 6.31. The Morgan fingerprint density at radius 2 is 2.04 bits per heavy atom. The Morgan fingerprint density at radius 3 is 2.65 bits per heavy atom. The lowest BCUT2D eigenvalue weighted by Gasteiger charge is -2.43. The Labute approximate surface area is 139 Å². The number of hydrogen-bond acceptors (Lipinski definition) is 4. The smallest absolute Gasteiger partial charge is 0.328 e. The number of carboxylic acid groups (broad SMARTS) is 1. The van der Waals surface area contributed by atoms with Crippen LogP contribution in [-0.2, 0) is 9.53 Å². The summed E-state index contributed by atoms with van der Waals surface area (Å²) in [6.45, 7) is 1.53. The molecule has 6 nitrogen and oxygen atoms in total. The monoisotopic (exact) mass is 338 g/mol. The molecule has 1 aromatic rings. The highest BCUT2D eigenvalue weighted by atomic mass is 35.5. The molecule has 0 saturated carbocycles. The topological polar surface area (TPSA) is 70.1 Å². The van der Waals surface area contributed by atoms with Crippen LogP contribution >= 0.6 is 11.6 Å². The average Bonchev–Trinajstić information content (AvgIpc) is 2.89. The summed E-state index contributed by atoms with van der Waals surface area (Å²) < 4.78 is 5.85. The van der Waals surface area contributed by atoms with Gasteiger partial charge in [-0.25, -0.2) is 4.79 Å². The maximum absolute atomic E-state index is 13.0. The molecule has 2 heterocycles. The number of likely N-dealkylation sites (tertiary alicyclic amines) is 1. The molecule has 0 bridgehead atoms. The number of carbonyl (C=O) groups is 2. The summed E-state index contributed by atoms with van der Waals surface area (Å²) in [7, 11) is 2.00. The number of halogens is 1. The molecule has 1 atom stereocenters. The minimum atomic E-state index is -1.05. The van der Waals surface area contributed by atoms with Crippen molar-refractivity contribution < 1.29 is 19.4 Å². The van der Waals surface area contributed by atoms with Gasteiger partial charge < -0.3 is 14.7 Å². The molecule has 2 aliphatic heterocycles. The first-order chi connectivity index (χ1) is 10.9. The number of rotatable bonds is 2. The van der Waals surface area contributed by atoms with Crippen LogP contribution in [0.4, 0.5) is 0 Å². The van der Waals surface area contributed by atoms with Gasteiger partial charge in [0.2, 0.25) is 0 Å². The number of carboxylic acids is 1. The summed E-state index contributed by atoms with van der Waals surface area (Å²) in [5.74, 6) is -1.39. The molecule has 2 saturated heterocycles. The van der Waals surface area contributed by atoms with Crippen molar-refractivity contribution in [3.05, 3.63) is 34.9 Å². The fourth-order valence-corrected chi connectivity index (χ4v) is 3.47. The second-order valence-corrected chi connectivity index (χ2v) is 6.54. The van der Waals surface area contributed by atoms with Crippen molar-refractivity contribution in [3.8, 4) is 0 Å². The third kappa shape index (κ3) is 2.94. The normalized spacial score (nSPS) is 24.1. The van der Waals surface area contributed by atoms with Gasteiger partial charge in [-0.3, -0.25) is 9.69 Å². The Bertz CT molecular complexity index is 628. The predicted octanol–water partition coefficient (Wildman–Crippen LogP) is 1.69. The van der Waals surface area contributed by atoms with Gasteiger partial charge in [-0.1, -0.05) is 17.7 Å². The molecule has 1 aromatic carbocycles. The molecular weight excluding hydrogens is 320 g/mol. The molecule has 2 fully saturated rings. The molecule has 0 aromatic heterocycles.